The number of esters is 1. The summed E-state index contributed by atoms with van der Waals surface area (Å²) in [4.78, 5) is 43.6. The van der Waals surface area contributed by atoms with Crippen molar-refractivity contribution in [3.63, 3.8) is 0 Å². The fourth-order valence-corrected chi connectivity index (χ4v) is 6.00. The first kappa shape index (κ1) is 26.3. The molecule has 0 saturated carbocycles. The molecule has 2 aliphatic rings. The molecule has 1 atom stereocenters. The molecule has 36 heavy (non-hydrogen) atoms. The molecule has 0 unspecified atom stereocenters. The molecule has 0 aromatic heterocycles. The largest absolute Gasteiger partial charge is 0.506 e. The highest BCUT2D eigenvalue weighted by atomic mass is 79.9. The molecule has 4 amide bonds. The number of aromatic hydroxyl groups is 1. The van der Waals surface area contributed by atoms with Crippen molar-refractivity contribution in [3.05, 3.63) is 56.5 Å². The van der Waals surface area contributed by atoms with Gasteiger partial charge in [0.1, 0.15) is 11.8 Å². The second-order valence-electron chi connectivity index (χ2n) is 8.98. The number of rotatable bonds is 5. The molecular weight excluding hydrogens is 596 g/mol. The lowest BCUT2D eigenvalue weighted by atomic mass is 10.0. The number of carbonyl (C=O) groups excluding carboxylic acids is 3. The smallest absolute Gasteiger partial charge is 0.328 e. The van der Waals surface area contributed by atoms with Crippen LogP contribution in [-0.4, -0.2) is 77.2 Å². The van der Waals surface area contributed by atoms with Gasteiger partial charge in [-0.2, -0.15) is 0 Å². The summed E-state index contributed by atoms with van der Waals surface area (Å²) in [7, 11) is 2.89. The van der Waals surface area contributed by atoms with Gasteiger partial charge in [0, 0.05) is 44.8 Å². The molecule has 2 aromatic carbocycles. The molecular formula is C25H28Br2N4O5. The summed E-state index contributed by atoms with van der Waals surface area (Å²) in [5, 5.41) is 12.9. The number of phenolic OH excluding ortho intramolecular Hbond substituents is 1. The average Bonchev–Trinajstić information content (AvgIpc) is 2.88. The van der Waals surface area contributed by atoms with E-state index in [1.165, 1.54) is 12.0 Å². The van der Waals surface area contributed by atoms with Gasteiger partial charge in [0.25, 0.3) is 0 Å². The molecule has 2 aromatic rings. The van der Waals surface area contributed by atoms with Crippen LogP contribution in [0.3, 0.4) is 0 Å². The number of ether oxygens (including phenoxy) is 1. The fraction of sp³-hybridized carbons (Fsp3) is 0.400. The number of piperidine rings is 1. The summed E-state index contributed by atoms with van der Waals surface area (Å²) in [6.07, 6.45) is 1.52. The van der Waals surface area contributed by atoms with Crippen LogP contribution in [0, 0.1) is 0 Å². The van der Waals surface area contributed by atoms with Crippen LogP contribution in [0.15, 0.2) is 45.3 Å². The number of likely N-dealkylation sites (tertiary alicyclic amines) is 1. The van der Waals surface area contributed by atoms with Crippen LogP contribution in [0.4, 0.5) is 15.3 Å². The zero-order valence-corrected chi connectivity index (χ0v) is 23.2. The van der Waals surface area contributed by atoms with Gasteiger partial charge in [-0.25, -0.2) is 14.4 Å². The van der Waals surface area contributed by atoms with Crippen molar-refractivity contribution < 1.29 is 24.2 Å². The van der Waals surface area contributed by atoms with Crippen LogP contribution in [-0.2, 0) is 22.5 Å². The number of hydrogen-bond acceptors (Lipinski definition) is 5. The van der Waals surface area contributed by atoms with E-state index in [0.29, 0.717) is 41.4 Å². The topological polar surface area (TPSA) is 102 Å². The summed E-state index contributed by atoms with van der Waals surface area (Å²) in [5.41, 5.74) is 2.66. The first-order valence-electron chi connectivity index (χ1n) is 11.6. The van der Waals surface area contributed by atoms with E-state index >= 15 is 0 Å². The van der Waals surface area contributed by atoms with Crippen LogP contribution in [0.5, 0.6) is 5.75 Å². The molecule has 4 rings (SSSR count). The third kappa shape index (κ3) is 5.46. The van der Waals surface area contributed by atoms with Gasteiger partial charge in [0.05, 0.1) is 16.1 Å². The maximum Gasteiger partial charge on any atom is 0.328 e. The summed E-state index contributed by atoms with van der Waals surface area (Å²) < 4.78 is 5.95. The van der Waals surface area contributed by atoms with Gasteiger partial charge in [-0.05, 0) is 74.0 Å². The predicted molar refractivity (Wildman–Crippen MR) is 142 cm³/mol. The Bertz CT molecular complexity index is 1150. The number of methoxy groups -OCH3 is 1. The zero-order chi connectivity index (χ0) is 26.0. The van der Waals surface area contributed by atoms with Crippen LogP contribution in [0.1, 0.15) is 24.0 Å². The van der Waals surface area contributed by atoms with Gasteiger partial charge in [-0.1, -0.05) is 18.2 Å². The molecule has 2 heterocycles. The number of nitrogens with zero attached hydrogens (tertiary/aromatic N) is 3. The van der Waals surface area contributed by atoms with Crippen LogP contribution >= 0.6 is 31.9 Å². The molecule has 9 nitrogen and oxygen atoms in total. The van der Waals surface area contributed by atoms with Crippen molar-refractivity contribution in [2.45, 2.75) is 37.9 Å². The molecule has 11 heteroatoms. The second kappa shape index (κ2) is 11.1. The number of hydrogen-bond donors (Lipinski definition) is 2. The van der Waals surface area contributed by atoms with Crippen LogP contribution in [0.2, 0.25) is 0 Å². The van der Waals surface area contributed by atoms with E-state index in [4.69, 9.17) is 4.74 Å². The average molecular weight is 624 g/mol. The van der Waals surface area contributed by atoms with E-state index in [9.17, 15) is 19.5 Å². The lowest BCUT2D eigenvalue weighted by Crippen LogP contribution is -2.55. The summed E-state index contributed by atoms with van der Waals surface area (Å²) in [6, 6.07) is 9.98. The lowest BCUT2D eigenvalue weighted by molar-refractivity contribution is -0.145. The van der Waals surface area contributed by atoms with Crippen molar-refractivity contribution in [2.24, 2.45) is 0 Å². The predicted octanol–water partition coefficient (Wildman–Crippen LogP) is 4.57. The number of likely N-dealkylation sites (N-methyl/N-ethyl adjacent to an activating group) is 1. The van der Waals surface area contributed by atoms with Gasteiger partial charge in [-0.15, -0.1) is 0 Å². The maximum atomic E-state index is 13.3. The van der Waals surface area contributed by atoms with Crippen molar-refractivity contribution in [3.8, 4) is 5.75 Å². The molecule has 0 aliphatic carbocycles. The molecule has 1 saturated heterocycles. The minimum atomic E-state index is -0.840. The maximum absolute atomic E-state index is 13.3. The third-order valence-electron chi connectivity index (χ3n) is 6.78. The fourth-order valence-electron chi connectivity index (χ4n) is 4.72. The molecule has 0 bridgehead atoms. The van der Waals surface area contributed by atoms with E-state index < -0.39 is 12.0 Å². The number of halogens is 2. The Morgan fingerprint density at radius 2 is 1.83 bits per heavy atom. The van der Waals surface area contributed by atoms with Crippen molar-refractivity contribution in [1.29, 1.82) is 0 Å². The van der Waals surface area contributed by atoms with Gasteiger partial charge >= 0.3 is 18.0 Å². The number of nitrogens with one attached hydrogen (secondary N) is 1. The van der Waals surface area contributed by atoms with E-state index in [2.05, 4.69) is 37.2 Å². The number of para-hydroxylation sites is 1. The zero-order valence-electron chi connectivity index (χ0n) is 20.0. The number of phenols is 1. The number of amides is 4. The Balaban J connectivity index is 1.41. The van der Waals surface area contributed by atoms with Gasteiger partial charge < -0.3 is 29.9 Å². The Morgan fingerprint density at radius 1 is 1.19 bits per heavy atom. The van der Waals surface area contributed by atoms with E-state index in [1.54, 1.807) is 24.1 Å². The highest BCUT2D eigenvalue weighted by molar-refractivity contribution is 9.11. The number of fused-ring (bicyclic) bond motifs is 1. The van der Waals surface area contributed by atoms with Crippen molar-refractivity contribution in [1.82, 2.24) is 14.7 Å². The van der Waals surface area contributed by atoms with E-state index in [1.807, 2.05) is 29.2 Å². The lowest BCUT2D eigenvalue weighted by Gasteiger charge is -2.41. The number of carbonyl (C=O) groups is 3. The van der Waals surface area contributed by atoms with Crippen LogP contribution < -0.4 is 5.32 Å². The normalized spacial score (nSPS) is 16.7. The first-order chi connectivity index (χ1) is 17.2. The van der Waals surface area contributed by atoms with Crippen LogP contribution in [0.25, 0.3) is 0 Å². The third-order valence-corrected chi connectivity index (χ3v) is 7.99. The van der Waals surface area contributed by atoms with Crippen molar-refractivity contribution >= 4 is 55.6 Å². The van der Waals surface area contributed by atoms with Gasteiger partial charge in [-0.3, -0.25) is 0 Å². The molecule has 1 fully saturated rings. The quantitative estimate of drug-likeness (QED) is 0.475. The molecule has 2 aliphatic heterocycles. The molecule has 0 spiro atoms. The minimum absolute atomic E-state index is 0.0239. The first-order valence-corrected chi connectivity index (χ1v) is 13.2. The summed E-state index contributed by atoms with van der Waals surface area (Å²) in [5.74, 6) is -0.462. The van der Waals surface area contributed by atoms with E-state index in [0.717, 1.165) is 16.8 Å². The Hall–Kier alpha value is -2.79. The second-order valence-corrected chi connectivity index (χ2v) is 10.7. The highest BCUT2D eigenvalue weighted by Crippen LogP contribution is 2.34. The van der Waals surface area contributed by atoms with Gasteiger partial charge in [0.2, 0.25) is 0 Å². The summed E-state index contributed by atoms with van der Waals surface area (Å²) >= 11 is 6.61. The monoisotopic (exact) mass is 622 g/mol. The standard InChI is InChI=1S/C25H28Br2N4O5/c1-29(21(23(33)36-2)13-15-11-18(26)22(32)19(27)12-15)25(35)30-9-7-17(8-10-30)31-14-16-5-3-4-6-20(16)28-24(31)34/h3-6,11-12,17,21,32H,7-10,13-14H2,1-2H3,(H,28,34)/t21-/m1/s1. The molecule has 2 N–H and O–H groups in total. The van der Waals surface area contributed by atoms with Gasteiger partial charge in [0.15, 0.2) is 0 Å². The Labute approximate surface area is 226 Å². The number of urea groups is 2. The number of benzene rings is 2. The minimum Gasteiger partial charge on any atom is -0.506 e. The molecule has 0 radical (unpaired) electrons. The SMILES string of the molecule is COC(=O)[C@@H](Cc1cc(Br)c(O)c(Br)c1)N(C)C(=O)N1CCC(N2Cc3ccccc3NC2=O)CC1. The Kier molecular flexibility index (Phi) is 8.09. The Morgan fingerprint density at radius 3 is 2.47 bits per heavy atom. The van der Waals surface area contributed by atoms with E-state index in [-0.39, 0.29) is 30.3 Å². The van der Waals surface area contributed by atoms with Crippen molar-refractivity contribution in [2.75, 3.05) is 32.6 Å². The summed E-state index contributed by atoms with van der Waals surface area (Å²) in [6.45, 7) is 1.50. The molecule has 192 valence electrons. The number of anilines is 1. The highest BCUT2D eigenvalue weighted by Gasteiger charge is 2.36.